The summed E-state index contributed by atoms with van der Waals surface area (Å²) in [6.45, 7) is 2.60. The molecular weight excluding hydrogens is 388 g/mol. The Morgan fingerprint density at radius 1 is 0.806 bits per heavy atom. The van der Waals surface area contributed by atoms with Crippen LogP contribution in [0.5, 0.6) is 11.5 Å². The van der Waals surface area contributed by atoms with Gasteiger partial charge in [-0.05, 0) is 42.0 Å². The normalized spacial score (nSPS) is 11.2. The van der Waals surface area contributed by atoms with E-state index in [4.69, 9.17) is 13.9 Å². The summed E-state index contributed by atoms with van der Waals surface area (Å²) in [5.41, 5.74) is 2.34. The van der Waals surface area contributed by atoms with Crippen LogP contribution >= 0.6 is 0 Å². The fourth-order valence-corrected chi connectivity index (χ4v) is 4.00. The number of hydrogen-bond acceptors (Lipinski definition) is 4. The highest BCUT2D eigenvalue weighted by atomic mass is 16.5. The molecule has 1 aromatic heterocycles. The van der Waals surface area contributed by atoms with Crippen LogP contribution in [0.3, 0.4) is 0 Å². The van der Waals surface area contributed by atoms with Crippen molar-refractivity contribution in [1.29, 1.82) is 0 Å². The molecule has 4 aromatic rings. The Hall–Kier alpha value is -3.27. The number of unbranched alkanes of at least 4 members (excludes halogenated alkanes) is 3. The number of ether oxygens (including phenoxy) is 2. The van der Waals surface area contributed by atoms with Crippen molar-refractivity contribution in [3.05, 3.63) is 82.2 Å². The quantitative estimate of drug-likeness (QED) is 0.174. The van der Waals surface area contributed by atoms with E-state index >= 15 is 0 Å². The molecule has 0 N–H and O–H groups in total. The van der Waals surface area contributed by atoms with Crippen molar-refractivity contribution in [3.8, 4) is 11.5 Å². The Morgan fingerprint density at radius 3 is 2.39 bits per heavy atom. The third-order valence-electron chi connectivity index (χ3n) is 5.68. The number of rotatable bonds is 9. The molecule has 0 aliphatic rings. The van der Waals surface area contributed by atoms with E-state index in [1.54, 1.807) is 7.11 Å². The molecule has 31 heavy (non-hydrogen) atoms. The average molecular weight is 417 g/mol. The van der Waals surface area contributed by atoms with Crippen molar-refractivity contribution in [3.63, 3.8) is 0 Å². The highest BCUT2D eigenvalue weighted by molar-refractivity contribution is 6.04. The maximum Gasteiger partial charge on any atom is 0.344 e. The van der Waals surface area contributed by atoms with Gasteiger partial charge in [0.25, 0.3) is 0 Å². The Morgan fingerprint density at radius 2 is 1.58 bits per heavy atom. The van der Waals surface area contributed by atoms with Gasteiger partial charge in [-0.1, -0.05) is 62.6 Å². The standard InChI is InChI=1S/C27H28O4/c1-3-4-5-6-11-19-16-23-21-13-8-9-14-22(21)27(28)31-26(23)17-25(19)30-18-20-12-7-10-15-24(20)29-2/h7-10,12-17H,3-6,11,18H2,1-2H3. The van der Waals surface area contributed by atoms with Gasteiger partial charge in [0.1, 0.15) is 23.7 Å². The Bertz CT molecular complexity index is 1240. The van der Waals surface area contributed by atoms with Crippen LogP contribution in [-0.2, 0) is 13.0 Å². The van der Waals surface area contributed by atoms with Gasteiger partial charge in [0.15, 0.2) is 0 Å². The summed E-state index contributed by atoms with van der Waals surface area (Å²) in [5.74, 6) is 1.55. The highest BCUT2D eigenvalue weighted by Crippen LogP contribution is 2.32. The smallest absolute Gasteiger partial charge is 0.344 e. The zero-order valence-corrected chi connectivity index (χ0v) is 18.1. The van der Waals surface area contributed by atoms with Crippen molar-refractivity contribution in [1.82, 2.24) is 0 Å². The summed E-state index contributed by atoms with van der Waals surface area (Å²) < 4.78 is 17.3. The summed E-state index contributed by atoms with van der Waals surface area (Å²) in [7, 11) is 1.66. The first-order valence-corrected chi connectivity index (χ1v) is 10.9. The Kier molecular flexibility index (Phi) is 6.56. The lowest BCUT2D eigenvalue weighted by molar-refractivity contribution is 0.293. The lowest BCUT2D eigenvalue weighted by atomic mass is 10.0. The van der Waals surface area contributed by atoms with Gasteiger partial charge < -0.3 is 13.9 Å². The molecule has 0 aliphatic heterocycles. The molecule has 4 nitrogen and oxygen atoms in total. The van der Waals surface area contributed by atoms with E-state index in [0.29, 0.717) is 17.6 Å². The Labute approximate surface area is 182 Å². The number of para-hydroxylation sites is 1. The van der Waals surface area contributed by atoms with Gasteiger partial charge in [-0.15, -0.1) is 0 Å². The summed E-state index contributed by atoms with van der Waals surface area (Å²) in [4.78, 5) is 12.5. The molecule has 0 unspecified atom stereocenters. The van der Waals surface area contributed by atoms with Crippen LogP contribution in [0.2, 0.25) is 0 Å². The summed E-state index contributed by atoms with van der Waals surface area (Å²) in [5, 5.41) is 2.47. The second kappa shape index (κ2) is 9.69. The fraction of sp³-hybridized carbons (Fsp3) is 0.296. The van der Waals surface area contributed by atoms with E-state index in [1.165, 1.54) is 19.3 Å². The summed E-state index contributed by atoms with van der Waals surface area (Å²) in [6.07, 6.45) is 5.63. The fourth-order valence-electron chi connectivity index (χ4n) is 4.00. The molecule has 0 bridgehead atoms. The molecule has 0 amide bonds. The van der Waals surface area contributed by atoms with Gasteiger partial charge in [-0.3, -0.25) is 0 Å². The van der Waals surface area contributed by atoms with E-state index in [2.05, 4.69) is 13.0 Å². The Balaban J connectivity index is 1.74. The van der Waals surface area contributed by atoms with Crippen molar-refractivity contribution in [2.75, 3.05) is 7.11 Å². The maximum atomic E-state index is 12.5. The molecule has 1 heterocycles. The third-order valence-corrected chi connectivity index (χ3v) is 5.68. The predicted octanol–water partition coefficient (Wildman–Crippen LogP) is 6.66. The molecule has 4 rings (SSSR count). The van der Waals surface area contributed by atoms with Crippen LogP contribution in [-0.4, -0.2) is 7.11 Å². The van der Waals surface area contributed by atoms with Gasteiger partial charge in [0.05, 0.1) is 12.5 Å². The van der Waals surface area contributed by atoms with Gasteiger partial charge >= 0.3 is 5.63 Å². The molecule has 0 fully saturated rings. The first-order valence-electron chi connectivity index (χ1n) is 10.9. The maximum absolute atomic E-state index is 12.5. The third kappa shape index (κ3) is 4.58. The average Bonchev–Trinajstić information content (AvgIpc) is 2.81. The van der Waals surface area contributed by atoms with E-state index in [0.717, 1.165) is 46.2 Å². The molecule has 0 aliphatic carbocycles. The second-order valence-electron chi connectivity index (χ2n) is 7.80. The lowest BCUT2D eigenvalue weighted by Crippen LogP contribution is -2.03. The van der Waals surface area contributed by atoms with Crippen LogP contribution in [0, 0.1) is 0 Å². The van der Waals surface area contributed by atoms with Crippen molar-refractivity contribution in [2.45, 2.75) is 45.6 Å². The van der Waals surface area contributed by atoms with Crippen LogP contribution in [0.15, 0.2) is 69.9 Å². The minimum atomic E-state index is -0.325. The predicted molar refractivity (Wildman–Crippen MR) is 125 cm³/mol. The monoisotopic (exact) mass is 416 g/mol. The number of aryl methyl sites for hydroxylation is 1. The molecule has 0 saturated carbocycles. The number of hydrogen-bond donors (Lipinski definition) is 0. The van der Waals surface area contributed by atoms with Crippen LogP contribution < -0.4 is 15.1 Å². The van der Waals surface area contributed by atoms with Gasteiger partial charge in [-0.25, -0.2) is 4.79 Å². The van der Waals surface area contributed by atoms with E-state index in [9.17, 15) is 4.79 Å². The summed E-state index contributed by atoms with van der Waals surface area (Å²) >= 11 is 0. The van der Waals surface area contributed by atoms with Crippen LogP contribution in [0.4, 0.5) is 0 Å². The van der Waals surface area contributed by atoms with Crippen molar-refractivity contribution < 1.29 is 13.9 Å². The second-order valence-corrected chi connectivity index (χ2v) is 7.80. The minimum Gasteiger partial charge on any atom is -0.496 e. The molecule has 0 saturated heterocycles. The van der Waals surface area contributed by atoms with Crippen molar-refractivity contribution in [2.24, 2.45) is 0 Å². The van der Waals surface area contributed by atoms with E-state index < -0.39 is 0 Å². The first kappa shape index (κ1) is 21.0. The first-order chi connectivity index (χ1) is 15.2. The van der Waals surface area contributed by atoms with Crippen LogP contribution in [0.25, 0.3) is 21.7 Å². The zero-order valence-electron chi connectivity index (χ0n) is 18.1. The van der Waals surface area contributed by atoms with Gasteiger partial charge in [0.2, 0.25) is 0 Å². The van der Waals surface area contributed by atoms with E-state index in [1.807, 2.05) is 54.6 Å². The molecule has 0 atom stereocenters. The molecule has 3 aromatic carbocycles. The zero-order chi connectivity index (χ0) is 21.6. The lowest BCUT2D eigenvalue weighted by Gasteiger charge is -2.15. The molecule has 0 radical (unpaired) electrons. The molecular formula is C27H28O4. The van der Waals surface area contributed by atoms with Crippen LogP contribution in [0.1, 0.15) is 43.7 Å². The molecule has 160 valence electrons. The summed E-state index contributed by atoms with van der Waals surface area (Å²) in [6, 6.07) is 19.4. The topological polar surface area (TPSA) is 48.7 Å². The minimum absolute atomic E-state index is 0.325. The number of methoxy groups -OCH3 is 1. The highest BCUT2D eigenvalue weighted by Gasteiger charge is 2.13. The van der Waals surface area contributed by atoms with Gasteiger partial charge in [-0.2, -0.15) is 0 Å². The number of fused-ring (bicyclic) bond motifs is 3. The molecule has 0 spiro atoms. The van der Waals surface area contributed by atoms with Crippen molar-refractivity contribution >= 4 is 21.7 Å². The largest absolute Gasteiger partial charge is 0.496 e. The van der Waals surface area contributed by atoms with Gasteiger partial charge in [0, 0.05) is 17.0 Å². The number of benzene rings is 3. The molecule has 4 heteroatoms. The SMILES string of the molecule is CCCCCCc1cc2c(cc1OCc1ccccc1OC)oc(=O)c1ccccc12. The van der Waals surface area contributed by atoms with E-state index in [-0.39, 0.29) is 5.63 Å².